The van der Waals surface area contributed by atoms with Crippen LogP contribution in [0.15, 0.2) is 28.8 Å². The first-order valence-electron chi connectivity index (χ1n) is 7.85. The smallest absolute Gasteiger partial charge is 0.264 e. The van der Waals surface area contributed by atoms with Gasteiger partial charge in [0.1, 0.15) is 11.9 Å². The largest absolute Gasteiger partial charge is 0.483 e. The lowest BCUT2D eigenvalue weighted by Gasteiger charge is -2.10. The second kappa shape index (κ2) is 8.64. The molecule has 23 heavy (non-hydrogen) atoms. The summed E-state index contributed by atoms with van der Waals surface area (Å²) in [5.74, 6) is 2.09. The van der Waals surface area contributed by atoms with Gasteiger partial charge in [-0.3, -0.25) is 0 Å². The fraction of sp³-hybridized carbons (Fsp3) is 0.529. The number of aliphatic hydroxyl groups is 1. The second-order valence-electron chi connectivity index (χ2n) is 5.79. The molecule has 0 amide bonds. The van der Waals surface area contributed by atoms with Crippen LogP contribution in [0.25, 0.3) is 0 Å². The molecule has 1 heterocycles. The van der Waals surface area contributed by atoms with Crippen molar-refractivity contribution in [2.24, 2.45) is 5.92 Å². The van der Waals surface area contributed by atoms with E-state index in [2.05, 4.69) is 24.0 Å². The van der Waals surface area contributed by atoms with Crippen molar-refractivity contribution in [3.63, 3.8) is 0 Å². The van der Waals surface area contributed by atoms with Crippen molar-refractivity contribution in [1.82, 2.24) is 10.1 Å². The highest BCUT2D eigenvalue weighted by Gasteiger charge is 2.15. The number of aromatic nitrogens is 2. The van der Waals surface area contributed by atoms with Crippen LogP contribution in [-0.2, 0) is 17.8 Å². The lowest BCUT2D eigenvalue weighted by Crippen LogP contribution is -2.08. The van der Waals surface area contributed by atoms with Gasteiger partial charge in [-0.05, 0) is 30.9 Å². The Labute approximate surface area is 136 Å². The summed E-state index contributed by atoms with van der Waals surface area (Å²) in [4.78, 5) is 4.30. The van der Waals surface area contributed by atoms with E-state index < -0.39 is 0 Å². The fourth-order valence-electron chi connectivity index (χ4n) is 2.01. The van der Waals surface area contributed by atoms with E-state index in [1.165, 1.54) is 0 Å². The van der Waals surface area contributed by atoms with E-state index >= 15 is 0 Å². The number of rotatable bonds is 9. The summed E-state index contributed by atoms with van der Waals surface area (Å²) in [7, 11) is 0. The molecule has 1 N–H and O–H groups in total. The van der Waals surface area contributed by atoms with Crippen LogP contribution >= 0.6 is 0 Å². The lowest BCUT2D eigenvalue weighted by molar-refractivity contribution is 0.0402. The molecule has 0 aliphatic carbocycles. The number of nitrogens with zero attached hydrogens (tertiary/aromatic N) is 2. The summed E-state index contributed by atoms with van der Waals surface area (Å²) in [5, 5.41) is 13.0. The Morgan fingerprint density at radius 2 is 2.00 bits per heavy atom. The molecule has 0 aliphatic rings. The summed E-state index contributed by atoms with van der Waals surface area (Å²) in [6.07, 6.45) is 0.335. The Morgan fingerprint density at radius 1 is 1.22 bits per heavy atom. The summed E-state index contributed by atoms with van der Waals surface area (Å²) in [6, 6.07) is 7.58. The lowest BCUT2D eigenvalue weighted by atomic mass is 10.1. The summed E-state index contributed by atoms with van der Waals surface area (Å²) >= 11 is 0. The zero-order valence-electron chi connectivity index (χ0n) is 13.9. The first kappa shape index (κ1) is 17.4. The molecule has 126 valence electrons. The molecule has 0 fully saturated rings. The standard InChI is InChI=1S/C17H24N2O4/c1-12(2)10-21-13(3)17-18-16(23-19-17)11-22-15-7-5-4-6-14(15)8-9-20/h4-7,12-13,20H,8-11H2,1-3H3/t13-/m1/s1. The van der Waals surface area contributed by atoms with Crippen LogP contribution in [0.3, 0.4) is 0 Å². The first-order valence-corrected chi connectivity index (χ1v) is 7.85. The van der Waals surface area contributed by atoms with E-state index in [4.69, 9.17) is 19.1 Å². The van der Waals surface area contributed by atoms with Gasteiger partial charge in [-0.1, -0.05) is 37.2 Å². The monoisotopic (exact) mass is 320 g/mol. The van der Waals surface area contributed by atoms with Crippen molar-refractivity contribution in [3.05, 3.63) is 41.5 Å². The normalized spacial score (nSPS) is 12.6. The third kappa shape index (κ3) is 5.33. The number of ether oxygens (including phenoxy) is 2. The van der Waals surface area contributed by atoms with Gasteiger partial charge in [0.05, 0.1) is 0 Å². The zero-order valence-corrected chi connectivity index (χ0v) is 13.9. The second-order valence-corrected chi connectivity index (χ2v) is 5.79. The highest BCUT2D eigenvalue weighted by Crippen LogP contribution is 2.20. The third-order valence-corrected chi connectivity index (χ3v) is 3.23. The zero-order chi connectivity index (χ0) is 16.7. The number of hydrogen-bond acceptors (Lipinski definition) is 6. The van der Waals surface area contributed by atoms with E-state index in [0.717, 1.165) is 5.56 Å². The van der Waals surface area contributed by atoms with Crippen molar-refractivity contribution in [3.8, 4) is 5.75 Å². The predicted molar refractivity (Wildman–Crippen MR) is 85.1 cm³/mol. The summed E-state index contributed by atoms with van der Waals surface area (Å²) < 4.78 is 16.6. The van der Waals surface area contributed by atoms with Gasteiger partial charge in [0.25, 0.3) is 5.89 Å². The Balaban J connectivity index is 1.92. The Bertz CT molecular complexity index is 598. The van der Waals surface area contributed by atoms with Gasteiger partial charge in [0.15, 0.2) is 12.4 Å². The van der Waals surface area contributed by atoms with E-state index in [1.807, 2.05) is 31.2 Å². The summed E-state index contributed by atoms with van der Waals surface area (Å²) in [6.45, 7) is 6.99. The third-order valence-electron chi connectivity index (χ3n) is 3.23. The van der Waals surface area contributed by atoms with Gasteiger partial charge in [0, 0.05) is 13.2 Å². The number of aliphatic hydroxyl groups excluding tert-OH is 1. The van der Waals surface area contributed by atoms with Crippen LogP contribution in [0.4, 0.5) is 0 Å². The van der Waals surface area contributed by atoms with Crippen molar-refractivity contribution in [2.75, 3.05) is 13.2 Å². The average Bonchev–Trinajstić information content (AvgIpc) is 3.01. The maximum Gasteiger partial charge on any atom is 0.264 e. The molecule has 6 nitrogen and oxygen atoms in total. The maximum absolute atomic E-state index is 9.07. The van der Waals surface area contributed by atoms with Crippen molar-refractivity contribution < 1.29 is 19.1 Å². The van der Waals surface area contributed by atoms with E-state index in [0.29, 0.717) is 36.4 Å². The molecular formula is C17H24N2O4. The minimum atomic E-state index is -0.212. The summed E-state index contributed by atoms with van der Waals surface area (Å²) in [5.41, 5.74) is 0.948. The molecular weight excluding hydrogens is 296 g/mol. The van der Waals surface area contributed by atoms with Gasteiger partial charge in [-0.15, -0.1) is 0 Å². The molecule has 1 atom stereocenters. The Kier molecular flexibility index (Phi) is 6.55. The van der Waals surface area contributed by atoms with Gasteiger partial charge in [0.2, 0.25) is 0 Å². The van der Waals surface area contributed by atoms with Gasteiger partial charge < -0.3 is 19.1 Å². The number of para-hydroxylation sites is 1. The van der Waals surface area contributed by atoms with Gasteiger partial charge >= 0.3 is 0 Å². The Morgan fingerprint density at radius 3 is 2.74 bits per heavy atom. The van der Waals surface area contributed by atoms with Crippen LogP contribution in [-0.4, -0.2) is 28.5 Å². The molecule has 0 saturated heterocycles. The molecule has 0 spiro atoms. The van der Waals surface area contributed by atoms with E-state index in [1.54, 1.807) is 0 Å². The molecule has 0 unspecified atom stereocenters. The molecule has 1 aromatic carbocycles. The average molecular weight is 320 g/mol. The minimum Gasteiger partial charge on any atom is -0.483 e. The molecule has 0 saturated carbocycles. The molecule has 1 aromatic heterocycles. The molecule has 0 radical (unpaired) electrons. The maximum atomic E-state index is 9.07. The quantitative estimate of drug-likeness (QED) is 0.765. The van der Waals surface area contributed by atoms with Crippen LogP contribution in [0.5, 0.6) is 5.75 Å². The SMILES string of the molecule is CC(C)CO[C@H](C)c1noc(COc2ccccc2CCO)n1. The highest BCUT2D eigenvalue weighted by atomic mass is 16.5. The minimum absolute atomic E-state index is 0.0792. The molecule has 6 heteroatoms. The number of hydrogen-bond donors (Lipinski definition) is 1. The highest BCUT2D eigenvalue weighted by molar-refractivity contribution is 5.33. The molecule has 0 aliphatic heterocycles. The molecule has 2 aromatic rings. The fourth-order valence-corrected chi connectivity index (χ4v) is 2.01. The van der Waals surface area contributed by atoms with Crippen LogP contribution < -0.4 is 4.74 Å². The predicted octanol–water partition coefficient (Wildman–Crippen LogP) is 2.92. The van der Waals surface area contributed by atoms with Crippen molar-refractivity contribution >= 4 is 0 Å². The first-order chi connectivity index (χ1) is 11.1. The van der Waals surface area contributed by atoms with E-state index in [9.17, 15) is 0 Å². The van der Waals surface area contributed by atoms with Gasteiger partial charge in [-0.25, -0.2) is 0 Å². The van der Waals surface area contributed by atoms with Gasteiger partial charge in [-0.2, -0.15) is 4.98 Å². The van der Waals surface area contributed by atoms with Crippen LogP contribution in [0.2, 0.25) is 0 Å². The van der Waals surface area contributed by atoms with Crippen LogP contribution in [0.1, 0.15) is 44.2 Å². The Hall–Kier alpha value is -1.92. The topological polar surface area (TPSA) is 77.6 Å². The van der Waals surface area contributed by atoms with Crippen molar-refractivity contribution in [2.45, 2.75) is 39.9 Å². The molecule has 2 rings (SSSR count). The number of benzene rings is 1. The van der Waals surface area contributed by atoms with Crippen molar-refractivity contribution in [1.29, 1.82) is 0 Å². The van der Waals surface area contributed by atoms with E-state index in [-0.39, 0.29) is 19.3 Å². The molecule has 0 bridgehead atoms. The van der Waals surface area contributed by atoms with Crippen LogP contribution in [0, 0.1) is 5.92 Å².